The largest absolute Gasteiger partial charge is 0.206 e. The lowest BCUT2D eigenvalue weighted by molar-refractivity contribution is 0.611. The van der Waals surface area contributed by atoms with Crippen LogP contribution >= 0.6 is 81.2 Å². The topological polar surface area (TPSA) is 0 Å². The Morgan fingerprint density at radius 1 is 0.203 bits per heavy atom. The zero-order valence-electron chi connectivity index (χ0n) is 31.9. The summed E-state index contributed by atoms with van der Waals surface area (Å²) in [6, 6.07) is 19.9. The van der Waals surface area contributed by atoms with Gasteiger partial charge in [-0.3, -0.25) is 0 Å². The Morgan fingerprint density at radius 3 is 0.516 bits per heavy atom. The van der Waals surface area contributed by atoms with E-state index in [1.807, 2.05) is 0 Å². The molecular formula is C49H19Cl7F8. The minimum atomic E-state index is -1.14. The fraction of sp³-hybridized carbons (Fsp3) is 0.0204. The molecule has 0 heterocycles. The molecule has 0 radical (unpaired) electrons. The molecule has 8 aromatic carbocycles. The van der Waals surface area contributed by atoms with Gasteiger partial charge >= 0.3 is 0 Å². The van der Waals surface area contributed by atoms with Crippen molar-refractivity contribution in [2.45, 2.75) is 6.92 Å². The minimum Gasteiger partial charge on any atom is -0.206 e. The Kier molecular flexibility index (Phi) is 11.5. The highest BCUT2D eigenvalue weighted by Gasteiger charge is 2.28. The molecule has 16 bridgehead atoms. The maximum Gasteiger partial charge on any atom is 0.150 e. The molecular weight excluding hydrogens is 989 g/mol. The molecule has 0 saturated heterocycles. The van der Waals surface area contributed by atoms with Gasteiger partial charge in [0.25, 0.3) is 0 Å². The molecule has 0 spiro atoms. The van der Waals surface area contributed by atoms with Gasteiger partial charge in [0.2, 0.25) is 0 Å². The molecule has 30 rings (SSSR count). The Bertz CT molecular complexity index is 2490. The second-order valence-corrected chi connectivity index (χ2v) is 17.3. The van der Waals surface area contributed by atoms with E-state index in [0.717, 1.165) is 18.2 Å². The normalized spacial score (nSPS) is 11.8. The average molecular weight is 1010 g/mol. The van der Waals surface area contributed by atoms with Crippen molar-refractivity contribution in [3.63, 3.8) is 0 Å². The zero-order chi connectivity index (χ0) is 45.8. The van der Waals surface area contributed by atoms with Crippen LogP contribution in [0.25, 0.3) is 89.0 Å². The van der Waals surface area contributed by atoms with Gasteiger partial charge in [-0.25, -0.2) is 35.1 Å². The van der Waals surface area contributed by atoms with Crippen molar-refractivity contribution >= 4 is 81.2 Å². The summed E-state index contributed by atoms with van der Waals surface area (Å²) >= 11 is 45.4. The van der Waals surface area contributed by atoms with Gasteiger partial charge < -0.3 is 0 Å². The SMILES string of the molecule is Cc1c2ccc(c1F)-c1ccc(c(Cl)c1F)-c1ccc(c(F)c1Cl)-c1ccc(c(Cl)c1F)-c1ccc(c(F)c1Cl)-c1ccc(c(Cl)c1F)-c1ccc(c(F)c1Cl)-c1ccc-2c(Cl)c1F. The third kappa shape index (κ3) is 6.79. The van der Waals surface area contributed by atoms with Crippen LogP contribution in [-0.2, 0) is 0 Å². The second-order valence-electron chi connectivity index (χ2n) is 14.6. The van der Waals surface area contributed by atoms with Crippen molar-refractivity contribution in [2.24, 2.45) is 0 Å². The van der Waals surface area contributed by atoms with Crippen LogP contribution in [-0.4, -0.2) is 0 Å². The first-order valence-corrected chi connectivity index (χ1v) is 21.3. The van der Waals surface area contributed by atoms with E-state index in [1.54, 1.807) is 0 Å². The molecule has 8 aromatic rings. The molecule has 320 valence electrons. The van der Waals surface area contributed by atoms with Crippen LogP contribution in [0.5, 0.6) is 0 Å². The third-order valence-corrected chi connectivity index (χ3v) is 13.9. The summed E-state index contributed by atoms with van der Waals surface area (Å²) in [6.07, 6.45) is 0. The molecule has 0 amide bonds. The molecule has 0 fully saturated rings. The van der Waals surface area contributed by atoms with Crippen molar-refractivity contribution in [2.75, 3.05) is 0 Å². The summed E-state index contributed by atoms with van der Waals surface area (Å²) in [5.74, 6) is -8.73. The summed E-state index contributed by atoms with van der Waals surface area (Å²) < 4.78 is 129. The Balaban J connectivity index is 1.27. The summed E-state index contributed by atoms with van der Waals surface area (Å²) in [5.41, 5.74) is -3.12. The van der Waals surface area contributed by atoms with Gasteiger partial charge in [-0.1, -0.05) is 178 Å². The summed E-state index contributed by atoms with van der Waals surface area (Å²) in [7, 11) is 0. The lowest BCUT2D eigenvalue weighted by Crippen LogP contribution is -1.99. The van der Waals surface area contributed by atoms with Crippen molar-refractivity contribution in [3.8, 4) is 89.0 Å². The van der Waals surface area contributed by atoms with Gasteiger partial charge in [0.15, 0.2) is 0 Å². The van der Waals surface area contributed by atoms with Crippen LogP contribution in [0.4, 0.5) is 35.1 Å². The molecule has 0 saturated carbocycles. The highest BCUT2D eigenvalue weighted by atomic mass is 35.5. The van der Waals surface area contributed by atoms with Gasteiger partial charge in [0.05, 0.1) is 35.2 Å². The molecule has 0 unspecified atom stereocenters. The van der Waals surface area contributed by atoms with Crippen LogP contribution in [0, 0.1) is 53.5 Å². The van der Waals surface area contributed by atoms with Gasteiger partial charge in [0.1, 0.15) is 46.5 Å². The zero-order valence-corrected chi connectivity index (χ0v) is 37.2. The van der Waals surface area contributed by atoms with Crippen molar-refractivity contribution in [3.05, 3.63) is 184 Å². The first-order chi connectivity index (χ1) is 30.4. The lowest BCUT2D eigenvalue weighted by atomic mass is 9.91. The van der Waals surface area contributed by atoms with Gasteiger partial charge in [-0.15, -0.1) is 0 Å². The lowest BCUT2D eigenvalue weighted by Gasteiger charge is -2.18. The number of benzene rings is 8. The predicted molar refractivity (Wildman–Crippen MR) is 243 cm³/mol. The average Bonchev–Trinajstić information content (AvgIpc) is 3.27. The van der Waals surface area contributed by atoms with E-state index in [9.17, 15) is 0 Å². The quantitative estimate of drug-likeness (QED) is 0.133. The smallest absolute Gasteiger partial charge is 0.150 e. The van der Waals surface area contributed by atoms with Crippen molar-refractivity contribution in [1.29, 1.82) is 0 Å². The predicted octanol–water partition coefficient (Wildman–Crippen LogP) is 19.3. The highest BCUT2D eigenvalue weighted by Crippen LogP contribution is 2.48. The third-order valence-electron chi connectivity index (χ3n) is 11.3. The Hall–Kier alpha value is -4.77. The molecule has 0 aromatic heterocycles. The van der Waals surface area contributed by atoms with Gasteiger partial charge in [0, 0.05) is 83.5 Å². The summed E-state index contributed by atoms with van der Waals surface area (Å²) in [6.45, 7) is 1.36. The first kappa shape index (κ1) is 44.4. The van der Waals surface area contributed by atoms with Crippen LogP contribution < -0.4 is 0 Å². The monoisotopic (exact) mass is 1000 g/mol. The molecule has 15 heteroatoms. The molecule has 0 N–H and O–H groups in total. The van der Waals surface area contributed by atoms with Crippen molar-refractivity contribution in [1.82, 2.24) is 0 Å². The molecule has 0 aliphatic heterocycles. The van der Waals surface area contributed by atoms with Crippen LogP contribution in [0.15, 0.2) is 97.1 Å². The van der Waals surface area contributed by atoms with Gasteiger partial charge in [-0.05, 0) is 18.1 Å². The molecule has 64 heavy (non-hydrogen) atoms. The fourth-order valence-electron chi connectivity index (χ4n) is 7.94. The highest BCUT2D eigenvalue weighted by molar-refractivity contribution is 6.39. The van der Waals surface area contributed by atoms with E-state index in [4.69, 9.17) is 81.2 Å². The van der Waals surface area contributed by atoms with Crippen molar-refractivity contribution < 1.29 is 35.1 Å². The van der Waals surface area contributed by atoms with Crippen LogP contribution in [0.3, 0.4) is 0 Å². The summed E-state index contributed by atoms with van der Waals surface area (Å²) in [5, 5.41) is -3.92. The van der Waals surface area contributed by atoms with E-state index in [-0.39, 0.29) is 94.6 Å². The molecule has 0 nitrogen and oxygen atoms in total. The van der Waals surface area contributed by atoms with E-state index in [0.29, 0.717) is 0 Å². The first-order valence-electron chi connectivity index (χ1n) is 18.6. The number of rotatable bonds is 0. The van der Waals surface area contributed by atoms with E-state index in [2.05, 4.69) is 0 Å². The van der Waals surface area contributed by atoms with E-state index >= 15 is 35.1 Å². The molecule has 22 aliphatic rings. The maximum absolute atomic E-state index is 16.2. The number of hydrogen-bond donors (Lipinski definition) is 0. The Labute approximate surface area is 394 Å². The van der Waals surface area contributed by atoms with E-state index in [1.165, 1.54) is 85.8 Å². The standard InChI is InChI=1S/C49H19Cl7F8/c1-18-19-2-10-27(42(18)57)28-12-4-21(36(51)43(28)58)22-6-14-31(46(61)37(22)52)32-16-8-25(40(55)47(32)62)26-9-17-34(49(64)41(26)56)33-15-7-24(39(54)48(33)63)23-5-13-30(45(60)38(23)53)29-11-3-20(19)35(50)44(29)59/h2-17H,1H3. The number of halogens is 15. The Morgan fingerprint density at radius 2 is 0.328 bits per heavy atom. The molecule has 22 aliphatic carbocycles. The fourth-order valence-corrected chi connectivity index (χ4v) is 9.81. The maximum atomic E-state index is 16.2. The van der Waals surface area contributed by atoms with Crippen LogP contribution in [0.1, 0.15) is 5.56 Å². The van der Waals surface area contributed by atoms with E-state index < -0.39 is 81.7 Å². The van der Waals surface area contributed by atoms with Gasteiger partial charge in [-0.2, -0.15) is 0 Å². The number of hydrogen-bond acceptors (Lipinski definition) is 0. The second kappa shape index (κ2) is 16.6. The minimum absolute atomic E-state index is 0.0155. The van der Waals surface area contributed by atoms with Crippen LogP contribution in [0.2, 0.25) is 35.2 Å². The summed E-state index contributed by atoms with van der Waals surface area (Å²) in [4.78, 5) is 0. The molecule has 0 atom stereocenters.